The van der Waals surface area contributed by atoms with Gasteiger partial charge in [-0.25, -0.2) is 0 Å². The van der Waals surface area contributed by atoms with Crippen LogP contribution in [0.3, 0.4) is 0 Å². The second-order valence-corrected chi connectivity index (χ2v) is 7.61. The Morgan fingerprint density at radius 3 is 2.78 bits per heavy atom. The average molecular weight is 317 g/mol. The molecule has 2 heterocycles. The summed E-state index contributed by atoms with van der Waals surface area (Å²) >= 11 is 0. The lowest BCUT2D eigenvalue weighted by atomic mass is 9.85. The van der Waals surface area contributed by atoms with Gasteiger partial charge in [-0.2, -0.15) is 0 Å². The number of fused-ring (bicyclic) bond motifs is 1. The van der Waals surface area contributed by atoms with Gasteiger partial charge in [-0.3, -0.25) is 4.79 Å². The van der Waals surface area contributed by atoms with Gasteiger partial charge in [0.05, 0.1) is 12.6 Å². The van der Waals surface area contributed by atoms with E-state index in [2.05, 4.69) is 20.1 Å². The van der Waals surface area contributed by atoms with Gasteiger partial charge in [-0.05, 0) is 38.0 Å². The van der Waals surface area contributed by atoms with Crippen molar-refractivity contribution in [3.8, 4) is 0 Å². The molecule has 1 aliphatic heterocycles. The van der Waals surface area contributed by atoms with Crippen molar-refractivity contribution in [3.05, 3.63) is 11.6 Å². The number of rotatable bonds is 4. The van der Waals surface area contributed by atoms with E-state index in [-0.39, 0.29) is 11.9 Å². The normalized spacial score (nSPS) is 30.3. The zero-order valence-electron chi connectivity index (χ0n) is 14.2. The van der Waals surface area contributed by atoms with Crippen LogP contribution in [0.1, 0.15) is 62.5 Å². The Kier molecular flexibility index (Phi) is 3.87. The van der Waals surface area contributed by atoms with Crippen molar-refractivity contribution in [1.82, 2.24) is 25.0 Å². The van der Waals surface area contributed by atoms with Gasteiger partial charge in [-0.15, -0.1) is 10.2 Å². The van der Waals surface area contributed by atoms with Crippen molar-refractivity contribution in [2.24, 2.45) is 13.0 Å². The average Bonchev–Trinajstić information content (AvgIpc) is 3.20. The first kappa shape index (κ1) is 15.1. The maximum Gasteiger partial charge on any atom is 0.239 e. The van der Waals surface area contributed by atoms with Crippen LogP contribution in [0.4, 0.5) is 0 Å². The lowest BCUT2D eigenvalue weighted by molar-refractivity contribution is -0.132. The van der Waals surface area contributed by atoms with Gasteiger partial charge in [0.2, 0.25) is 5.91 Å². The van der Waals surface area contributed by atoms with Gasteiger partial charge in [0.25, 0.3) is 0 Å². The van der Waals surface area contributed by atoms with Gasteiger partial charge in [0, 0.05) is 26.1 Å². The number of amides is 1. The van der Waals surface area contributed by atoms with E-state index in [1.165, 1.54) is 38.5 Å². The van der Waals surface area contributed by atoms with Gasteiger partial charge >= 0.3 is 0 Å². The standard InChI is InChI=1S/C17H27N5O/c1-21(10-15-19-20-16(22(15)2)11-7-8-11)17(23)14-9-12-5-3-4-6-13(12)18-14/h11-14,18H,3-10H2,1-2H3/t12-,13-,14+/m1/s1. The number of likely N-dealkylation sites (N-methyl/N-ethyl adjacent to an activating group) is 1. The number of carbonyl (C=O) groups excluding carboxylic acids is 1. The summed E-state index contributed by atoms with van der Waals surface area (Å²) in [5, 5.41) is 12.2. The molecule has 0 aromatic carbocycles. The molecule has 1 aromatic rings. The van der Waals surface area contributed by atoms with Gasteiger partial charge < -0.3 is 14.8 Å². The monoisotopic (exact) mass is 317 g/mol. The molecule has 1 saturated heterocycles. The van der Waals surface area contributed by atoms with Gasteiger partial charge in [-0.1, -0.05) is 12.8 Å². The Balaban J connectivity index is 1.38. The number of nitrogens with zero attached hydrogens (tertiary/aromatic N) is 4. The molecule has 4 rings (SSSR count). The quantitative estimate of drug-likeness (QED) is 0.915. The molecular formula is C17H27N5O. The fraction of sp³-hybridized carbons (Fsp3) is 0.824. The third-order valence-electron chi connectivity index (χ3n) is 5.86. The van der Waals surface area contributed by atoms with Crippen LogP contribution >= 0.6 is 0 Å². The van der Waals surface area contributed by atoms with Crippen LogP contribution in [0, 0.1) is 5.92 Å². The van der Waals surface area contributed by atoms with E-state index < -0.39 is 0 Å². The van der Waals surface area contributed by atoms with Crippen LogP contribution in [-0.2, 0) is 18.4 Å². The summed E-state index contributed by atoms with van der Waals surface area (Å²) in [6.45, 7) is 0.544. The SMILES string of the molecule is CN(Cc1nnc(C2CC2)n1C)C(=O)[C@@H]1C[C@H]2CCCC[C@H]2N1. The largest absolute Gasteiger partial charge is 0.337 e. The van der Waals surface area contributed by atoms with E-state index in [4.69, 9.17) is 0 Å². The summed E-state index contributed by atoms with van der Waals surface area (Å²) in [7, 11) is 3.90. The van der Waals surface area contributed by atoms with Crippen LogP contribution in [0.25, 0.3) is 0 Å². The number of aromatic nitrogens is 3. The molecule has 0 unspecified atom stereocenters. The summed E-state index contributed by atoms with van der Waals surface area (Å²) in [6.07, 6.45) is 8.56. The second kappa shape index (κ2) is 5.89. The molecule has 1 aromatic heterocycles. The number of hydrogen-bond acceptors (Lipinski definition) is 4. The molecule has 3 atom stereocenters. The predicted molar refractivity (Wildman–Crippen MR) is 86.7 cm³/mol. The minimum atomic E-state index is -0.00997. The maximum absolute atomic E-state index is 12.8. The Hall–Kier alpha value is -1.43. The molecule has 2 saturated carbocycles. The van der Waals surface area contributed by atoms with Crippen molar-refractivity contribution in [3.63, 3.8) is 0 Å². The lowest BCUT2D eigenvalue weighted by Gasteiger charge is -2.24. The minimum Gasteiger partial charge on any atom is -0.337 e. The highest BCUT2D eigenvalue weighted by molar-refractivity contribution is 5.82. The zero-order chi connectivity index (χ0) is 16.0. The smallest absolute Gasteiger partial charge is 0.239 e. The molecule has 0 radical (unpaired) electrons. The molecular weight excluding hydrogens is 290 g/mol. The molecule has 126 valence electrons. The van der Waals surface area contributed by atoms with Crippen LogP contribution in [-0.4, -0.2) is 44.7 Å². The third kappa shape index (κ3) is 2.89. The molecule has 23 heavy (non-hydrogen) atoms. The summed E-state index contributed by atoms with van der Waals surface area (Å²) in [5.41, 5.74) is 0. The van der Waals surface area contributed by atoms with Crippen molar-refractivity contribution in [1.29, 1.82) is 0 Å². The highest BCUT2D eigenvalue weighted by Gasteiger charge is 2.39. The molecule has 1 N–H and O–H groups in total. The highest BCUT2D eigenvalue weighted by atomic mass is 16.2. The first-order chi connectivity index (χ1) is 11.1. The molecule has 1 amide bonds. The van der Waals surface area contributed by atoms with Gasteiger partial charge in [0.1, 0.15) is 5.82 Å². The maximum atomic E-state index is 12.8. The first-order valence-electron chi connectivity index (χ1n) is 9.02. The lowest BCUT2D eigenvalue weighted by Crippen LogP contribution is -2.44. The Morgan fingerprint density at radius 2 is 2.04 bits per heavy atom. The third-order valence-corrected chi connectivity index (χ3v) is 5.86. The first-order valence-corrected chi connectivity index (χ1v) is 9.02. The van der Waals surface area contributed by atoms with Crippen molar-refractivity contribution < 1.29 is 4.79 Å². The molecule has 2 aliphatic carbocycles. The van der Waals surface area contributed by atoms with Gasteiger partial charge in [0.15, 0.2) is 5.82 Å². The van der Waals surface area contributed by atoms with Crippen LogP contribution in [0.2, 0.25) is 0 Å². The fourth-order valence-corrected chi connectivity index (χ4v) is 4.28. The highest BCUT2D eigenvalue weighted by Crippen LogP contribution is 2.39. The number of carbonyl (C=O) groups is 1. The fourth-order valence-electron chi connectivity index (χ4n) is 4.28. The zero-order valence-corrected chi connectivity index (χ0v) is 14.2. The van der Waals surface area contributed by atoms with Crippen molar-refractivity contribution >= 4 is 5.91 Å². The van der Waals surface area contributed by atoms with E-state index in [0.29, 0.717) is 24.4 Å². The minimum absolute atomic E-state index is 0.00997. The molecule has 0 bridgehead atoms. The molecule has 3 fully saturated rings. The van der Waals surface area contributed by atoms with E-state index in [9.17, 15) is 4.79 Å². The molecule has 6 nitrogen and oxygen atoms in total. The summed E-state index contributed by atoms with van der Waals surface area (Å²) in [4.78, 5) is 14.6. The van der Waals surface area contributed by atoms with E-state index >= 15 is 0 Å². The molecule has 3 aliphatic rings. The summed E-state index contributed by atoms with van der Waals surface area (Å²) in [5.74, 6) is 3.45. The van der Waals surface area contributed by atoms with E-state index in [0.717, 1.165) is 18.1 Å². The topological polar surface area (TPSA) is 63.1 Å². The Bertz CT molecular complexity index is 580. The summed E-state index contributed by atoms with van der Waals surface area (Å²) < 4.78 is 2.07. The summed E-state index contributed by atoms with van der Waals surface area (Å²) in [6, 6.07) is 0.548. The predicted octanol–water partition coefficient (Wildman–Crippen LogP) is 1.57. The number of nitrogens with one attached hydrogen (secondary N) is 1. The second-order valence-electron chi connectivity index (χ2n) is 7.61. The van der Waals surface area contributed by atoms with Crippen LogP contribution < -0.4 is 5.32 Å². The van der Waals surface area contributed by atoms with Crippen LogP contribution in [0.15, 0.2) is 0 Å². The number of hydrogen-bond donors (Lipinski definition) is 1. The Morgan fingerprint density at radius 1 is 1.26 bits per heavy atom. The van der Waals surface area contributed by atoms with Crippen molar-refractivity contribution in [2.45, 2.75) is 69.5 Å². The van der Waals surface area contributed by atoms with Crippen molar-refractivity contribution in [2.75, 3.05) is 7.05 Å². The molecule has 0 spiro atoms. The van der Waals surface area contributed by atoms with Crippen LogP contribution in [0.5, 0.6) is 0 Å². The van der Waals surface area contributed by atoms with E-state index in [1.807, 2.05) is 19.0 Å². The molecule has 6 heteroatoms. The Labute approximate surface area is 137 Å². The van der Waals surface area contributed by atoms with E-state index in [1.54, 1.807) is 0 Å².